The number of nitrogens with zero attached hydrogens (tertiary/aromatic N) is 5. The van der Waals surface area contributed by atoms with Crippen LogP contribution in [0.5, 0.6) is 0 Å². The Hall–Kier alpha value is -1.96. The minimum Gasteiger partial charge on any atom is -0.250 e. The number of hydrogen-bond donors (Lipinski definition) is 1. The van der Waals surface area contributed by atoms with Crippen LogP contribution in [0, 0.1) is 11.7 Å². The largest absolute Gasteiger partial charge is 0.250 e. The molecule has 0 bridgehead atoms. The van der Waals surface area contributed by atoms with Gasteiger partial charge in [0.2, 0.25) is 4.77 Å². The van der Waals surface area contributed by atoms with Gasteiger partial charge in [0.15, 0.2) is 0 Å². The molecule has 6 nitrogen and oxygen atoms in total. The second-order valence-corrected chi connectivity index (χ2v) is 5.56. The number of rotatable bonds is 3. The highest BCUT2D eigenvalue weighted by atomic mass is 35.5. The van der Waals surface area contributed by atoms with E-state index in [1.807, 2.05) is 25.1 Å². The number of benzene rings is 1. The smallest absolute Gasteiger partial charge is 0.216 e. The second kappa shape index (κ2) is 6.04. The summed E-state index contributed by atoms with van der Waals surface area (Å²) in [5, 5.41) is 16.0. The van der Waals surface area contributed by atoms with Gasteiger partial charge < -0.3 is 0 Å². The lowest BCUT2D eigenvalue weighted by Crippen LogP contribution is -1.97. The third-order valence-electron chi connectivity index (χ3n) is 2.98. The number of para-hydroxylation sites is 1. The van der Waals surface area contributed by atoms with E-state index < -0.39 is 0 Å². The zero-order valence-electron chi connectivity index (χ0n) is 11.4. The summed E-state index contributed by atoms with van der Waals surface area (Å²) in [7, 11) is 0. The molecule has 0 atom stereocenters. The van der Waals surface area contributed by atoms with Gasteiger partial charge in [-0.05, 0) is 31.3 Å². The van der Waals surface area contributed by atoms with Crippen molar-refractivity contribution in [2.24, 2.45) is 5.10 Å². The van der Waals surface area contributed by atoms with Crippen LogP contribution in [0.25, 0.3) is 5.69 Å². The van der Waals surface area contributed by atoms with Crippen LogP contribution in [0.1, 0.15) is 11.3 Å². The summed E-state index contributed by atoms with van der Waals surface area (Å²) in [6.07, 6.45) is 3.06. The summed E-state index contributed by atoms with van der Waals surface area (Å²) < 4.78 is 3.40. The topological polar surface area (TPSA) is 63.8 Å². The molecule has 0 unspecified atom stereocenters. The van der Waals surface area contributed by atoms with E-state index in [0.29, 0.717) is 26.2 Å². The molecule has 3 aromatic rings. The van der Waals surface area contributed by atoms with E-state index in [1.165, 1.54) is 11.0 Å². The molecule has 0 aliphatic rings. The maximum Gasteiger partial charge on any atom is 0.216 e. The summed E-state index contributed by atoms with van der Waals surface area (Å²) in [6, 6.07) is 7.34. The molecular formula is C13H10Cl2N6S. The summed E-state index contributed by atoms with van der Waals surface area (Å²) in [5.41, 5.74) is 2.12. The van der Waals surface area contributed by atoms with Crippen LogP contribution in [0.3, 0.4) is 0 Å². The molecule has 0 amide bonds. The van der Waals surface area contributed by atoms with Gasteiger partial charge >= 0.3 is 0 Å². The van der Waals surface area contributed by atoms with Gasteiger partial charge in [0.1, 0.15) is 11.5 Å². The number of hydrogen-bond acceptors (Lipinski definition) is 4. The molecule has 2 heterocycles. The van der Waals surface area contributed by atoms with E-state index in [4.69, 9.17) is 35.4 Å². The third-order valence-corrected chi connectivity index (χ3v) is 3.94. The van der Waals surface area contributed by atoms with E-state index in [9.17, 15) is 0 Å². The van der Waals surface area contributed by atoms with Gasteiger partial charge in [-0.15, -0.1) is 0 Å². The highest BCUT2D eigenvalue weighted by Crippen LogP contribution is 2.26. The summed E-state index contributed by atoms with van der Waals surface area (Å²) in [5.74, 6) is 0. The number of halogens is 2. The van der Waals surface area contributed by atoms with Crippen molar-refractivity contribution in [3.8, 4) is 5.69 Å². The predicted octanol–water partition coefficient (Wildman–Crippen LogP) is 3.62. The SMILES string of the molecule is Cc1nn(-c2ccccc2Cl)c(Cl)c1C=Nn1cn[nH]c1=S. The van der Waals surface area contributed by atoms with Gasteiger partial charge in [0, 0.05) is 0 Å². The monoisotopic (exact) mass is 352 g/mol. The third kappa shape index (κ3) is 2.70. The van der Waals surface area contributed by atoms with E-state index in [0.717, 1.165) is 5.69 Å². The Kier molecular flexibility index (Phi) is 4.10. The first kappa shape index (κ1) is 15.0. The Balaban J connectivity index is 2.05. The van der Waals surface area contributed by atoms with Crippen molar-refractivity contribution in [1.29, 1.82) is 0 Å². The van der Waals surface area contributed by atoms with E-state index in [-0.39, 0.29) is 0 Å². The fraction of sp³-hybridized carbons (Fsp3) is 0.0769. The molecule has 1 N–H and O–H groups in total. The normalized spacial score (nSPS) is 11.4. The maximum absolute atomic E-state index is 6.41. The Morgan fingerprint density at radius 3 is 2.77 bits per heavy atom. The molecule has 0 radical (unpaired) electrons. The molecule has 2 aromatic heterocycles. The fourth-order valence-electron chi connectivity index (χ4n) is 1.89. The highest BCUT2D eigenvalue weighted by molar-refractivity contribution is 7.71. The first-order chi connectivity index (χ1) is 10.6. The average molecular weight is 353 g/mol. The van der Waals surface area contributed by atoms with E-state index in [2.05, 4.69) is 20.4 Å². The molecule has 0 aliphatic heterocycles. The van der Waals surface area contributed by atoms with Gasteiger partial charge in [-0.1, -0.05) is 35.3 Å². The van der Waals surface area contributed by atoms with Crippen LogP contribution in [0.4, 0.5) is 0 Å². The molecule has 0 saturated heterocycles. The van der Waals surface area contributed by atoms with Gasteiger partial charge in [0.25, 0.3) is 0 Å². The van der Waals surface area contributed by atoms with Crippen molar-refractivity contribution in [1.82, 2.24) is 24.7 Å². The summed E-state index contributed by atoms with van der Waals surface area (Å²) in [6.45, 7) is 1.84. The molecule has 0 spiro atoms. The molecule has 3 rings (SSSR count). The minimum atomic E-state index is 0.392. The summed E-state index contributed by atoms with van der Waals surface area (Å²) in [4.78, 5) is 0. The van der Waals surface area contributed by atoms with Gasteiger partial charge in [-0.3, -0.25) is 5.10 Å². The molecule has 0 saturated carbocycles. The first-order valence-electron chi connectivity index (χ1n) is 6.24. The second-order valence-electron chi connectivity index (χ2n) is 4.40. The molecule has 0 fully saturated rings. The molecular weight excluding hydrogens is 343 g/mol. The van der Waals surface area contributed by atoms with Gasteiger partial charge in [0.05, 0.1) is 28.2 Å². The minimum absolute atomic E-state index is 0.392. The van der Waals surface area contributed by atoms with Gasteiger partial charge in [-0.25, -0.2) is 4.68 Å². The van der Waals surface area contributed by atoms with Crippen molar-refractivity contribution in [2.75, 3.05) is 0 Å². The molecule has 1 aromatic carbocycles. The van der Waals surface area contributed by atoms with Crippen molar-refractivity contribution >= 4 is 41.6 Å². The predicted molar refractivity (Wildman–Crippen MR) is 88.7 cm³/mol. The van der Waals surface area contributed by atoms with Crippen LogP contribution >= 0.6 is 35.4 Å². The molecule has 0 aliphatic carbocycles. The van der Waals surface area contributed by atoms with Crippen molar-refractivity contribution in [3.05, 3.63) is 56.8 Å². The van der Waals surface area contributed by atoms with E-state index in [1.54, 1.807) is 17.0 Å². The number of aromatic nitrogens is 5. The van der Waals surface area contributed by atoms with Crippen LogP contribution in [0.15, 0.2) is 35.7 Å². The van der Waals surface area contributed by atoms with Crippen molar-refractivity contribution < 1.29 is 0 Å². The van der Waals surface area contributed by atoms with Gasteiger partial charge in [-0.2, -0.15) is 20.0 Å². The first-order valence-corrected chi connectivity index (χ1v) is 7.40. The van der Waals surface area contributed by atoms with Crippen LogP contribution in [-0.2, 0) is 0 Å². The van der Waals surface area contributed by atoms with Crippen molar-refractivity contribution in [3.63, 3.8) is 0 Å². The number of H-pyrrole nitrogens is 1. The average Bonchev–Trinajstić information content (AvgIpc) is 3.02. The Morgan fingerprint density at radius 2 is 2.09 bits per heavy atom. The van der Waals surface area contributed by atoms with Crippen LogP contribution < -0.4 is 0 Å². The lowest BCUT2D eigenvalue weighted by molar-refractivity contribution is 0.862. The quantitative estimate of drug-likeness (QED) is 0.578. The molecule has 112 valence electrons. The number of nitrogens with one attached hydrogen (secondary N) is 1. The lowest BCUT2D eigenvalue weighted by atomic mass is 10.3. The number of aromatic amines is 1. The standard InChI is InChI=1S/C13H10Cl2N6S/c1-8-9(6-17-20-7-16-18-13(20)22)12(15)21(19-8)11-5-3-2-4-10(11)14/h2-7H,1H3,(H,18,22). The summed E-state index contributed by atoms with van der Waals surface area (Å²) >= 11 is 17.6. The lowest BCUT2D eigenvalue weighted by Gasteiger charge is -2.04. The maximum atomic E-state index is 6.41. The Morgan fingerprint density at radius 1 is 1.32 bits per heavy atom. The Labute approximate surface area is 141 Å². The van der Waals surface area contributed by atoms with E-state index >= 15 is 0 Å². The van der Waals surface area contributed by atoms with Crippen LogP contribution in [0.2, 0.25) is 10.2 Å². The number of aryl methyl sites for hydroxylation is 1. The zero-order valence-corrected chi connectivity index (χ0v) is 13.7. The highest BCUT2D eigenvalue weighted by Gasteiger charge is 2.14. The van der Waals surface area contributed by atoms with Crippen LogP contribution in [-0.4, -0.2) is 30.9 Å². The zero-order chi connectivity index (χ0) is 15.7. The Bertz CT molecular complexity index is 907. The fourth-order valence-corrected chi connectivity index (χ4v) is 2.56. The molecule has 9 heteroatoms. The molecule has 22 heavy (non-hydrogen) atoms. The van der Waals surface area contributed by atoms with Crippen molar-refractivity contribution in [2.45, 2.75) is 6.92 Å².